The highest BCUT2D eigenvalue weighted by Gasteiger charge is 2.35. The smallest absolute Gasteiger partial charge is 0.349 e. The molecule has 1 unspecified atom stereocenters. The SMILES string of the molecule is COC(=O)c1sccc1S(=O)(=O)N1CCCC(Oc2nccnc2OC)C1. The van der Waals surface area contributed by atoms with Gasteiger partial charge in [-0.15, -0.1) is 11.3 Å². The third kappa shape index (κ3) is 4.04. The zero-order valence-electron chi connectivity index (χ0n) is 14.8. The molecule has 2 aromatic rings. The van der Waals surface area contributed by atoms with E-state index >= 15 is 0 Å². The number of esters is 1. The van der Waals surface area contributed by atoms with Crippen LogP contribution in [-0.4, -0.2) is 62.1 Å². The van der Waals surface area contributed by atoms with Crippen LogP contribution in [-0.2, 0) is 14.8 Å². The number of sulfonamides is 1. The summed E-state index contributed by atoms with van der Waals surface area (Å²) in [6.07, 6.45) is 3.83. The first kappa shape index (κ1) is 19.5. The first-order valence-electron chi connectivity index (χ1n) is 8.15. The lowest BCUT2D eigenvalue weighted by molar-refractivity contribution is 0.0602. The maximum absolute atomic E-state index is 13.0. The van der Waals surface area contributed by atoms with Crippen LogP contribution in [0.1, 0.15) is 22.5 Å². The number of hydrogen-bond donors (Lipinski definition) is 0. The normalized spacial score (nSPS) is 18.1. The summed E-state index contributed by atoms with van der Waals surface area (Å²) in [4.78, 5) is 20.0. The Labute approximate surface area is 161 Å². The highest BCUT2D eigenvalue weighted by molar-refractivity contribution is 7.89. The van der Waals surface area contributed by atoms with Crippen LogP contribution in [0.3, 0.4) is 0 Å². The topological polar surface area (TPSA) is 108 Å². The summed E-state index contributed by atoms with van der Waals surface area (Å²) in [7, 11) is -1.17. The van der Waals surface area contributed by atoms with Crippen LogP contribution >= 0.6 is 11.3 Å². The highest BCUT2D eigenvalue weighted by Crippen LogP contribution is 2.29. The van der Waals surface area contributed by atoms with Crippen molar-refractivity contribution in [2.24, 2.45) is 0 Å². The number of rotatable bonds is 6. The number of ether oxygens (including phenoxy) is 3. The van der Waals surface area contributed by atoms with Crippen molar-refractivity contribution < 1.29 is 27.4 Å². The molecule has 0 aliphatic carbocycles. The van der Waals surface area contributed by atoms with Crippen LogP contribution in [0.15, 0.2) is 28.7 Å². The summed E-state index contributed by atoms with van der Waals surface area (Å²) in [6, 6.07) is 1.42. The molecule has 27 heavy (non-hydrogen) atoms. The second-order valence-corrected chi connectivity index (χ2v) is 8.54. The van der Waals surface area contributed by atoms with E-state index in [0.29, 0.717) is 19.4 Å². The molecule has 3 heterocycles. The van der Waals surface area contributed by atoms with Crippen LogP contribution < -0.4 is 9.47 Å². The van der Waals surface area contributed by atoms with E-state index in [-0.39, 0.29) is 28.1 Å². The Hall–Kier alpha value is -2.24. The summed E-state index contributed by atoms with van der Waals surface area (Å²) < 4.78 is 43.0. The zero-order chi connectivity index (χ0) is 19.4. The minimum Gasteiger partial charge on any atom is -0.477 e. The van der Waals surface area contributed by atoms with Crippen molar-refractivity contribution in [2.45, 2.75) is 23.8 Å². The predicted molar refractivity (Wildman–Crippen MR) is 96.7 cm³/mol. The van der Waals surface area contributed by atoms with Gasteiger partial charge < -0.3 is 14.2 Å². The third-order valence-corrected chi connectivity index (χ3v) is 6.99. The number of thiophene rings is 1. The molecule has 0 N–H and O–H groups in total. The minimum atomic E-state index is -3.85. The van der Waals surface area contributed by atoms with E-state index < -0.39 is 22.1 Å². The van der Waals surface area contributed by atoms with Gasteiger partial charge in [0.2, 0.25) is 10.0 Å². The van der Waals surface area contributed by atoms with E-state index in [1.807, 2.05) is 0 Å². The molecule has 1 atom stereocenters. The van der Waals surface area contributed by atoms with Crippen LogP contribution in [0.5, 0.6) is 11.8 Å². The summed E-state index contributed by atoms with van der Waals surface area (Å²) in [6.45, 7) is 0.481. The molecule has 1 saturated heterocycles. The molecule has 2 aromatic heterocycles. The van der Waals surface area contributed by atoms with Crippen LogP contribution in [0.25, 0.3) is 0 Å². The van der Waals surface area contributed by atoms with Crippen molar-refractivity contribution in [3.8, 4) is 11.8 Å². The van der Waals surface area contributed by atoms with Gasteiger partial charge in [-0.3, -0.25) is 0 Å². The maximum atomic E-state index is 13.0. The monoisotopic (exact) mass is 413 g/mol. The second-order valence-electron chi connectivity index (χ2n) is 5.72. The minimum absolute atomic E-state index is 0.0444. The average Bonchev–Trinajstić information content (AvgIpc) is 3.19. The Balaban J connectivity index is 1.79. The van der Waals surface area contributed by atoms with Crippen molar-refractivity contribution >= 4 is 27.3 Å². The van der Waals surface area contributed by atoms with Gasteiger partial charge >= 0.3 is 5.97 Å². The van der Waals surface area contributed by atoms with Gasteiger partial charge in [-0.1, -0.05) is 0 Å². The van der Waals surface area contributed by atoms with Gasteiger partial charge in [-0.25, -0.2) is 23.2 Å². The molecule has 11 heteroatoms. The van der Waals surface area contributed by atoms with Crippen molar-refractivity contribution in [2.75, 3.05) is 27.3 Å². The number of nitrogens with zero attached hydrogens (tertiary/aromatic N) is 3. The quantitative estimate of drug-likeness (QED) is 0.657. The van der Waals surface area contributed by atoms with Crippen LogP contribution in [0, 0.1) is 0 Å². The average molecular weight is 413 g/mol. The summed E-state index contributed by atoms with van der Waals surface area (Å²) in [5.74, 6) is -0.212. The summed E-state index contributed by atoms with van der Waals surface area (Å²) in [5.41, 5.74) is 0. The molecule has 0 amide bonds. The molecule has 0 spiro atoms. The van der Waals surface area contributed by atoms with Crippen LogP contribution in [0.4, 0.5) is 0 Å². The zero-order valence-corrected chi connectivity index (χ0v) is 16.5. The van der Waals surface area contributed by atoms with E-state index in [1.165, 1.54) is 37.0 Å². The Bertz CT molecular complexity index is 914. The lowest BCUT2D eigenvalue weighted by Crippen LogP contribution is -2.44. The van der Waals surface area contributed by atoms with E-state index in [9.17, 15) is 13.2 Å². The van der Waals surface area contributed by atoms with Gasteiger partial charge in [-0.05, 0) is 24.3 Å². The fourth-order valence-corrected chi connectivity index (χ4v) is 5.61. The third-order valence-electron chi connectivity index (χ3n) is 4.06. The van der Waals surface area contributed by atoms with Gasteiger partial charge in [0, 0.05) is 18.9 Å². The number of carbonyl (C=O) groups excluding carboxylic acids is 1. The summed E-state index contributed by atoms with van der Waals surface area (Å²) in [5, 5.41) is 1.56. The van der Waals surface area contributed by atoms with E-state index in [1.54, 1.807) is 5.38 Å². The molecule has 1 aliphatic heterocycles. The maximum Gasteiger partial charge on any atom is 0.349 e. The lowest BCUT2D eigenvalue weighted by Gasteiger charge is -2.31. The Morgan fingerprint density at radius 3 is 2.70 bits per heavy atom. The Morgan fingerprint density at radius 1 is 1.26 bits per heavy atom. The van der Waals surface area contributed by atoms with E-state index in [4.69, 9.17) is 9.47 Å². The molecule has 1 aliphatic rings. The fourth-order valence-electron chi connectivity index (χ4n) is 2.79. The van der Waals surface area contributed by atoms with Gasteiger partial charge in [0.1, 0.15) is 15.9 Å². The lowest BCUT2D eigenvalue weighted by atomic mass is 10.1. The first-order valence-corrected chi connectivity index (χ1v) is 10.5. The standard InChI is InChI=1S/C16H19N3O6S2/c1-23-14-15(18-7-6-17-14)25-11-4-3-8-19(10-11)27(21,22)12-5-9-26-13(12)16(20)24-2/h5-7,9,11H,3-4,8,10H2,1-2H3. The van der Waals surface area contributed by atoms with Crippen molar-refractivity contribution in [3.63, 3.8) is 0 Å². The molecule has 0 bridgehead atoms. The van der Waals surface area contributed by atoms with Gasteiger partial charge in [0.25, 0.3) is 11.8 Å². The molecule has 0 aromatic carbocycles. The number of methoxy groups -OCH3 is 2. The van der Waals surface area contributed by atoms with Crippen molar-refractivity contribution in [3.05, 3.63) is 28.7 Å². The molecular formula is C16H19N3O6S2. The summed E-state index contributed by atoms with van der Waals surface area (Å²) >= 11 is 1.04. The van der Waals surface area contributed by atoms with Crippen LogP contribution in [0.2, 0.25) is 0 Å². The second kappa shape index (κ2) is 8.19. The molecule has 146 valence electrons. The van der Waals surface area contributed by atoms with E-state index in [0.717, 1.165) is 11.3 Å². The van der Waals surface area contributed by atoms with Gasteiger partial charge in [0.15, 0.2) is 0 Å². The molecule has 1 fully saturated rings. The fraction of sp³-hybridized carbons (Fsp3) is 0.438. The largest absolute Gasteiger partial charge is 0.477 e. The molecule has 0 saturated carbocycles. The molecule has 9 nitrogen and oxygen atoms in total. The van der Waals surface area contributed by atoms with E-state index in [2.05, 4.69) is 14.7 Å². The number of carbonyl (C=O) groups is 1. The Kier molecular flexibility index (Phi) is 5.92. The van der Waals surface area contributed by atoms with Crippen molar-refractivity contribution in [1.29, 1.82) is 0 Å². The number of hydrogen-bond acceptors (Lipinski definition) is 9. The first-order chi connectivity index (χ1) is 13.0. The molecular weight excluding hydrogens is 394 g/mol. The number of piperidine rings is 1. The molecule has 0 radical (unpaired) electrons. The predicted octanol–water partition coefficient (Wildman–Crippen LogP) is 1.57. The number of aromatic nitrogens is 2. The van der Waals surface area contributed by atoms with Crippen molar-refractivity contribution in [1.82, 2.24) is 14.3 Å². The highest BCUT2D eigenvalue weighted by atomic mass is 32.2. The van der Waals surface area contributed by atoms with Gasteiger partial charge in [-0.2, -0.15) is 4.31 Å². The Morgan fingerprint density at radius 2 is 2.00 bits per heavy atom. The van der Waals surface area contributed by atoms with Gasteiger partial charge in [0.05, 0.1) is 20.8 Å². The molecule has 3 rings (SSSR count).